The van der Waals surface area contributed by atoms with Gasteiger partial charge in [-0.25, -0.2) is 4.98 Å². The Bertz CT molecular complexity index is 750. The molecular weight excluding hydrogens is 358 g/mol. The maximum absolute atomic E-state index is 12.3. The van der Waals surface area contributed by atoms with Crippen molar-refractivity contribution in [2.75, 3.05) is 6.54 Å². The maximum atomic E-state index is 12.3. The van der Waals surface area contributed by atoms with E-state index in [4.69, 9.17) is 0 Å². The number of carbonyl (C=O) groups is 2. The summed E-state index contributed by atoms with van der Waals surface area (Å²) in [7, 11) is 0. The van der Waals surface area contributed by atoms with E-state index >= 15 is 0 Å². The predicted octanol–water partition coefficient (Wildman–Crippen LogP) is 0.673. The molecule has 0 aliphatic heterocycles. The third-order valence-corrected chi connectivity index (χ3v) is 5.07. The second-order valence-electron chi connectivity index (χ2n) is 7.23. The van der Waals surface area contributed by atoms with Gasteiger partial charge in [-0.1, -0.05) is 6.07 Å². The number of aromatic nitrogens is 3. The molecule has 2 amide bonds. The van der Waals surface area contributed by atoms with Crippen molar-refractivity contribution < 1.29 is 14.7 Å². The van der Waals surface area contributed by atoms with Crippen LogP contribution in [-0.2, 0) is 22.6 Å². The minimum Gasteiger partial charge on any atom is -0.391 e. The molecule has 1 saturated carbocycles. The highest BCUT2D eigenvalue weighted by molar-refractivity contribution is 5.80. The lowest BCUT2D eigenvalue weighted by Gasteiger charge is -2.33. The second-order valence-corrected chi connectivity index (χ2v) is 7.23. The van der Waals surface area contributed by atoms with E-state index in [1.165, 1.54) is 0 Å². The summed E-state index contributed by atoms with van der Waals surface area (Å²) in [6, 6.07) is 3.32. The average molecular weight is 385 g/mol. The van der Waals surface area contributed by atoms with Crippen LogP contribution in [0.2, 0.25) is 0 Å². The van der Waals surface area contributed by atoms with Gasteiger partial charge < -0.3 is 20.3 Å². The maximum Gasteiger partial charge on any atom is 0.224 e. The van der Waals surface area contributed by atoms with E-state index in [0.29, 0.717) is 25.8 Å². The molecule has 28 heavy (non-hydrogen) atoms. The summed E-state index contributed by atoms with van der Waals surface area (Å²) in [6.07, 6.45) is 10.6. The van der Waals surface area contributed by atoms with Crippen LogP contribution in [0.15, 0.2) is 43.2 Å². The van der Waals surface area contributed by atoms with Crippen molar-refractivity contribution in [3.63, 3.8) is 0 Å². The molecule has 8 heteroatoms. The van der Waals surface area contributed by atoms with E-state index in [-0.39, 0.29) is 30.2 Å². The summed E-state index contributed by atoms with van der Waals surface area (Å²) >= 11 is 0. The SMILES string of the molecule is O=C(Cc1cccnc1)N[C@H]1CC[C@H](C(=O)NCCCn2ccnc2)C[C@@H]1O. The first-order chi connectivity index (χ1) is 13.6. The summed E-state index contributed by atoms with van der Waals surface area (Å²) in [5.41, 5.74) is 0.832. The highest BCUT2D eigenvalue weighted by Crippen LogP contribution is 2.25. The van der Waals surface area contributed by atoms with Gasteiger partial charge in [0.2, 0.25) is 11.8 Å². The molecule has 3 rings (SSSR count). The number of nitrogens with zero attached hydrogens (tertiary/aromatic N) is 3. The zero-order chi connectivity index (χ0) is 19.8. The molecule has 0 saturated heterocycles. The number of amides is 2. The lowest BCUT2D eigenvalue weighted by molar-refractivity contribution is -0.128. The third kappa shape index (κ3) is 5.88. The number of aliphatic hydroxyl groups excluding tert-OH is 1. The first kappa shape index (κ1) is 20.0. The molecule has 1 aliphatic carbocycles. The predicted molar refractivity (Wildman–Crippen MR) is 103 cm³/mol. The Morgan fingerprint density at radius 3 is 2.86 bits per heavy atom. The number of aryl methyl sites for hydroxylation is 1. The van der Waals surface area contributed by atoms with Crippen molar-refractivity contribution in [3.8, 4) is 0 Å². The van der Waals surface area contributed by atoms with Gasteiger partial charge in [-0.2, -0.15) is 0 Å². The van der Waals surface area contributed by atoms with E-state index in [9.17, 15) is 14.7 Å². The van der Waals surface area contributed by atoms with Gasteiger partial charge in [0.1, 0.15) is 0 Å². The van der Waals surface area contributed by atoms with E-state index in [1.807, 2.05) is 16.8 Å². The van der Waals surface area contributed by atoms with Crippen molar-refractivity contribution in [1.82, 2.24) is 25.2 Å². The zero-order valence-electron chi connectivity index (χ0n) is 15.8. The van der Waals surface area contributed by atoms with Crippen molar-refractivity contribution >= 4 is 11.8 Å². The highest BCUT2D eigenvalue weighted by Gasteiger charge is 2.33. The van der Waals surface area contributed by atoms with E-state index in [2.05, 4.69) is 20.6 Å². The fraction of sp³-hybridized carbons (Fsp3) is 0.500. The monoisotopic (exact) mass is 385 g/mol. The van der Waals surface area contributed by atoms with Crippen LogP contribution in [0.3, 0.4) is 0 Å². The second kappa shape index (κ2) is 9.98. The van der Waals surface area contributed by atoms with Crippen LogP contribution < -0.4 is 10.6 Å². The lowest BCUT2D eigenvalue weighted by Crippen LogP contribution is -2.49. The Morgan fingerprint density at radius 1 is 1.25 bits per heavy atom. The minimum absolute atomic E-state index is 0.0233. The molecule has 1 aliphatic rings. The number of nitrogens with one attached hydrogen (secondary N) is 2. The molecular formula is C20H27N5O3. The molecule has 0 radical (unpaired) electrons. The third-order valence-electron chi connectivity index (χ3n) is 5.07. The fourth-order valence-electron chi connectivity index (χ4n) is 3.54. The Labute approximate surface area is 164 Å². The zero-order valence-corrected chi connectivity index (χ0v) is 15.8. The van der Waals surface area contributed by atoms with E-state index in [0.717, 1.165) is 18.5 Å². The molecule has 1 fully saturated rings. The largest absolute Gasteiger partial charge is 0.391 e. The summed E-state index contributed by atoms with van der Waals surface area (Å²) < 4.78 is 1.97. The van der Waals surface area contributed by atoms with Crippen LogP contribution >= 0.6 is 0 Å². The summed E-state index contributed by atoms with van der Waals surface area (Å²) in [5, 5.41) is 16.2. The number of hydrogen-bond acceptors (Lipinski definition) is 5. The molecule has 3 atom stereocenters. The smallest absolute Gasteiger partial charge is 0.224 e. The van der Waals surface area contributed by atoms with Crippen LogP contribution in [0.25, 0.3) is 0 Å². The molecule has 0 aromatic carbocycles. The number of carbonyl (C=O) groups excluding carboxylic acids is 2. The van der Waals surface area contributed by atoms with Gasteiger partial charge in [0.05, 0.1) is 24.9 Å². The van der Waals surface area contributed by atoms with Gasteiger partial charge in [-0.05, 0) is 37.3 Å². The molecule has 8 nitrogen and oxygen atoms in total. The number of imidazole rings is 1. The Balaban J connectivity index is 1.36. The van der Waals surface area contributed by atoms with Crippen molar-refractivity contribution in [2.24, 2.45) is 5.92 Å². The lowest BCUT2D eigenvalue weighted by atomic mass is 9.83. The quantitative estimate of drug-likeness (QED) is 0.579. The number of hydrogen-bond donors (Lipinski definition) is 3. The Morgan fingerprint density at radius 2 is 2.14 bits per heavy atom. The minimum atomic E-state index is -0.715. The van der Waals surface area contributed by atoms with Gasteiger partial charge in [0.25, 0.3) is 0 Å². The first-order valence-corrected chi connectivity index (χ1v) is 9.71. The molecule has 2 aromatic rings. The highest BCUT2D eigenvalue weighted by atomic mass is 16.3. The molecule has 0 spiro atoms. The molecule has 2 heterocycles. The van der Waals surface area contributed by atoms with Gasteiger partial charge in [0, 0.05) is 43.8 Å². The topological polar surface area (TPSA) is 109 Å². The normalized spacial score (nSPS) is 21.8. The van der Waals surface area contributed by atoms with Gasteiger partial charge in [-0.3, -0.25) is 14.6 Å². The summed E-state index contributed by atoms with van der Waals surface area (Å²) in [6.45, 7) is 1.40. The summed E-state index contributed by atoms with van der Waals surface area (Å²) in [5.74, 6) is -0.376. The molecule has 150 valence electrons. The van der Waals surface area contributed by atoms with Crippen LogP contribution in [0.5, 0.6) is 0 Å². The molecule has 3 N–H and O–H groups in total. The van der Waals surface area contributed by atoms with E-state index in [1.54, 1.807) is 31.0 Å². The molecule has 0 bridgehead atoms. The van der Waals surface area contributed by atoms with Crippen molar-refractivity contribution in [2.45, 2.75) is 50.8 Å². The number of rotatable bonds is 8. The summed E-state index contributed by atoms with van der Waals surface area (Å²) in [4.78, 5) is 32.5. The number of pyridine rings is 1. The van der Waals surface area contributed by atoms with Crippen LogP contribution in [0.1, 0.15) is 31.2 Å². The van der Waals surface area contributed by atoms with Gasteiger partial charge in [-0.15, -0.1) is 0 Å². The van der Waals surface area contributed by atoms with E-state index < -0.39 is 6.10 Å². The standard InChI is InChI=1S/C20H27N5O3/c26-18-12-16(20(28)23-7-2-9-25-10-8-22-14-25)4-5-17(18)24-19(27)11-15-3-1-6-21-13-15/h1,3,6,8,10,13-14,16-18,26H,2,4-5,7,9,11-12H2,(H,23,28)(H,24,27)/t16-,17-,18-/m0/s1. The Kier molecular flexibility index (Phi) is 7.13. The number of aliphatic hydroxyl groups is 1. The fourth-order valence-corrected chi connectivity index (χ4v) is 3.54. The first-order valence-electron chi connectivity index (χ1n) is 9.71. The van der Waals surface area contributed by atoms with Gasteiger partial charge >= 0.3 is 0 Å². The van der Waals surface area contributed by atoms with Crippen molar-refractivity contribution in [3.05, 3.63) is 48.8 Å². The molecule has 2 aromatic heterocycles. The van der Waals surface area contributed by atoms with Crippen LogP contribution in [0.4, 0.5) is 0 Å². The van der Waals surface area contributed by atoms with Crippen molar-refractivity contribution in [1.29, 1.82) is 0 Å². The van der Waals surface area contributed by atoms with Gasteiger partial charge in [0.15, 0.2) is 0 Å². The molecule has 0 unspecified atom stereocenters. The van der Waals surface area contributed by atoms with Crippen LogP contribution in [0, 0.1) is 5.92 Å². The van der Waals surface area contributed by atoms with Crippen LogP contribution in [-0.4, -0.2) is 50.1 Å². The average Bonchev–Trinajstić information content (AvgIpc) is 3.21. The Hall–Kier alpha value is -2.74.